The Labute approximate surface area is 108 Å². The van der Waals surface area contributed by atoms with Crippen LogP contribution in [-0.4, -0.2) is 43.3 Å². The molecule has 5 heteroatoms. The van der Waals surface area contributed by atoms with E-state index in [0.29, 0.717) is 12.0 Å². The quantitative estimate of drug-likeness (QED) is 0.812. The van der Waals surface area contributed by atoms with E-state index in [2.05, 4.69) is 0 Å². The zero-order chi connectivity index (χ0) is 13.4. The molecule has 0 spiro atoms. The van der Waals surface area contributed by atoms with E-state index in [1.807, 2.05) is 13.0 Å². The molecule has 1 saturated heterocycles. The van der Waals surface area contributed by atoms with Crippen LogP contribution in [0.1, 0.15) is 23.7 Å². The summed E-state index contributed by atoms with van der Waals surface area (Å²) < 4.78 is 23.1. The van der Waals surface area contributed by atoms with E-state index < -0.39 is 15.4 Å². The highest BCUT2D eigenvalue weighted by Gasteiger charge is 2.43. The summed E-state index contributed by atoms with van der Waals surface area (Å²) >= 11 is 0. The van der Waals surface area contributed by atoms with Crippen molar-refractivity contribution in [1.29, 1.82) is 0 Å². The molecule has 4 nitrogen and oxygen atoms in total. The van der Waals surface area contributed by atoms with Gasteiger partial charge in [-0.2, -0.15) is 0 Å². The zero-order valence-electron chi connectivity index (χ0n) is 10.6. The summed E-state index contributed by atoms with van der Waals surface area (Å²) in [4.78, 5) is 13.8. The maximum Gasteiger partial charge on any atom is 0.254 e. The van der Waals surface area contributed by atoms with Gasteiger partial charge in [0.05, 0.1) is 17.0 Å². The lowest BCUT2D eigenvalue weighted by atomic mass is 9.99. The fraction of sp³-hybridized carbons (Fsp3) is 0.462. The third kappa shape index (κ3) is 2.41. The predicted octanol–water partition coefficient (Wildman–Crippen LogP) is 1.34. The van der Waals surface area contributed by atoms with Crippen LogP contribution in [0.25, 0.3) is 0 Å². The molecule has 0 bridgehead atoms. The lowest BCUT2D eigenvalue weighted by molar-refractivity contribution is 0.0638. The molecule has 1 fully saturated rings. The molecule has 0 aromatic heterocycles. The van der Waals surface area contributed by atoms with Crippen LogP contribution >= 0.6 is 0 Å². The van der Waals surface area contributed by atoms with Crippen LogP contribution in [0.4, 0.5) is 0 Å². The van der Waals surface area contributed by atoms with Crippen LogP contribution < -0.4 is 0 Å². The van der Waals surface area contributed by atoms with Gasteiger partial charge in [0, 0.05) is 12.6 Å². The number of hydrogen-bond donors (Lipinski definition) is 0. The molecule has 2 rings (SSSR count). The van der Waals surface area contributed by atoms with Gasteiger partial charge >= 0.3 is 0 Å². The predicted molar refractivity (Wildman–Crippen MR) is 70.2 cm³/mol. The summed E-state index contributed by atoms with van der Waals surface area (Å²) in [5.74, 6) is 0.0838. The topological polar surface area (TPSA) is 54.5 Å². The third-order valence-electron chi connectivity index (χ3n) is 3.62. The van der Waals surface area contributed by atoms with Crippen LogP contribution in [0.2, 0.25) is 0 Å². The normalized spacial score (nSPS) is 25.9. The molecule has 1 amide bonds. The number of carbonyl (C=O) groups is 1. The van der Waals surface area contributed by atoms with Gasteiger partial charge in [-0.15, -0.1) is 0 Å². The Morgan fingerprint density at radius 1 is 1.28 bits per heavy atom. The Hall–Kier alpha value is -1.36. The lowest BCUT2D eigenvalue weighted by Crippen LogP contribution is -2.48. The molecule has 0 unspecified atom stereocenters. The summed E-state index contributed by atoms with van der Waals surface area (Å²) in [6.45, 7) is 1.83. The molecule has 98 valence electrons. The van der Waals surface area contributed by atoms with Gasteiger partial charge in [-0.1, -0.05) is 18.2 Å². The summed E-state index contributed by atoms with van der Waals surface area (Å²) in [5.41, 5.74) is -0.00306. The molecule has 0 N–H and O–H groups in total. The zero-order valence-corrected chi connectivity index (χ0v) is 11.4. The number of hydrogen-bond acceptors (Lipinski definition) is 3. The standard InChI is InChI=1S/C13H17NO3S/c1-13(8-9-18(16,17)10-13)14(2)12(15)11-6-4-3-5-7-11/h3-7H,8-10H2,1-2H3/t13-/m1/s1. The molecule has 18 heavy (non-hydrogen) atoms. The fourth-order valence-corrected chi connectivity index (χ4v) is 4.46. The number of sulfone groups is 1. The van der Waals surface area contributed by atoms with Crippen LogP contribution in [0, 0.1) is 0 Å². The minimum Gasteiger partial charge on any atom is -0.335 e. The summed E-state index contributed by atoms with van der Waals surface area (Å²) in [6.07, 6.45) is 0.504. The van der Waals surface area contributed by atoms with Crippen molar-refractivity contribution in [3.8, 4) is 0 Å². The monoisotopic (exact) mass is 267 g/mol. The molecule has 0 aliphatic carbocycles. The SMILES string of the molecule is CN(C(=O)c1ccccc1)[C@]1(C)CCS(=O)(=O)C1. The molecule has 0 saturated carbocycles. The first kappa shape index (κ1) is 13.1. The van der Waals surface area contributed by atoms with Crippen molar-refractivity contribution in [2.45, 2.75) is 18.9 Å². The van der Waals surface area contributed by atoms with Gasteiger partial charge in [0.2, 0.25) is 0 Å². The highest BCUT2D eigenvalue weighted by molar-refractivity contribution is 7.91. The third-order valence-corrected chi connectivity index (χ3v) is 5.51. The van der Waals surface area contributed by atoms with Gasteiger partial charge in [0.1, 0.15) is 0 Å². The van der Waals surface area contributed by atoms with Crippen molar-refractivity contribution in [2.75, 3.05) is 18.6 Å². The maximum absolute atomic E-state index is 12.3. The Kier molecular flexibility index (Phi) is 3.19. The van der Waals surface area contributed by atoms with E-state index in [1.165, 1.54) is 0 Å². The maximum atomic E-state index is 12.3. The van der Waals surface area contributed by atoms with Crippen molar-refractivity contribution in [3.05, 3.63) is 35.9 Å². The molecule has 1 heterocycles. The van der Waals surface area contributed by atoms with E-state index in [0.717, 1.165) is 0 Å². The van der Waals surface area contributed by atoms with E-state index in [4.69, 9.17) is 0 Å². The molecule has 0 radical (unpaired) electrons. The molecule has 1 aliphatic rings. The van der Waals surface area contributed by atoms with Crippen LogP contribution in [-0.2, 0) is 9.84 Å². The van der Waals surface area contributed by atoms with E-state index in [9.17, 15) is 13.2 Å². The first-order valence-corrected chi connectivity index (χ1v) is 7.70. The molecular weight excluding hydrogens is 250 g/mol. The van der Waals surface area contributed by atoms with Gasteiger partial charge in [0.15, 0.2) is 9.84 Å². The van der Waals surface area contributed by atoms with Gasteiger partial charge in [-0.05, 0) is 25.5 Å². The van der Waals surface area contributed by atoms with Crippen molar-refractivity contribution >= 4 is 15.7 Å². The van der Waals surface area contributed by atoms with Crippen LogP contribution in [0.15, 0.2) is 30.3 Å². The van der Waals surface area contributed by atoms with Crippen molar-refractivity contribution in [1.82, 2.24) is 4.90 Å². The highest BCUT2D eigenvalue weighted by atomic mass is 32.2. The lowest BCUT2D eigenvalue weighted by Gasteiger charge is -2.34. The molecule has 1 aromatic carbocycles. The Morgan fingerprint density at radius 3 is 2.39 bits per heavy atom. The van der Waals surface area contributed by atoms with E-state index in [-0.39, 0.29) is 17.4 Å². The van der Waals surface area contributed by atoms with Crippen molar-refractivity contribution < 1.29 is 13.2 Å². The molecule has 1 aliphatic heterocycles. The number of amides is 1. The average Bonchev–Trinajstić information content (AvgIpc) is 2.64. The van der Waals surface area contributed by atoms with Gasteiger partial charge < -0.3 is 4.90 Å². The second kappa shape index (κ2) is 4.39. The van der Waals surface area contributed by atoms with Crippen LogP contribution in [0.3, 0.4) is 0 Å². The second-order valence-corrected chi connectivity index (χ2v) is 7.25. The Bertz CT molecular complexity index is 553. The van der Waals surface area contributed by atoms with Crippen LogP contribution in [0.5, 0.6) is 0 Å². The molecule has 1 aromatic rings. The van der Waals surface area contributed by atoms with Gasteiger partial charge in [-0.25, -0.2) is 8.42 Å². The summed E-state index contributed by atoms with van der Waals surface area (Å²) in [6, 6.07) is 8.93. The van der Waals surface area contributed by atoms with Gasteiger partial charge in [0.25, 0.3) is 5.91 Å². The number of carbonyl (C=O) groups excluding carboxylic acids is 1. The van der Waals surface area contributed by atoms with E-state index in [1.54, 1.807) is 36.2 Å². The first-order chi connectivity index (χ1) is 8.34. The first-order valence-electron chi connectivity index (χ1n) is 5.88. The van der Waals surface area contributed by atoms with Crippen molar-refractivity contribution in [3.63, 3.8) is 0 Å². The highest BCUT2D eigenvalue weighted by Crippen LogP contribution is 2.29. The number of rotatable bonds is 2. The minimum atomic E-state index is -3.01. The Morgan fingerprint density at radius 2 is 1.89 bits per heavy atom. The number of benzene rings is 1. The van der Waals surface area contributed by atoms with E-state index >= 15 is 0 Å². The smallest absolute Gasteiger partial charge is 0.254 e. The second-order valence-electron chi connectivity index (χ2n) is 5.07. The largest absolute Gasteiger partial charge is 0.335 e. The minimum absolute atomic E-state index is 0.0507. The molecule has 1 atom stereocenters. The van der Waals surface area contributed by atoms with Crippen molar-refractivity contribution in [2.24, 2.45) is 0 Å². The number of nitrogens with zero attached hydrogens (tertiary/aromatic N) is 1. The summed E-state index contributed by atoms with van der Waals surface area (Å²) in [5, 5.41) is 0. The molecular formula is C13H17NO3S. The Balaban J connectivity index is 2.23. The summed E-state index contributed by atoms with van der Waals surface area (Å²) in [7, 11) is -1.33. The van der Waals surface area contributed by atoms with Gasteiger partial charge in [-0.3, -0.25) is 4.79 Å². The average molecular weight is 267 g/mol. The fourth-order valence-electron chi connectivity index (χ4n) is 2.28.